The molecule has 2 heterocycles. The van der Waals surface area contributed by atoms with E-state index in [1.807, 2.05) is 36.4 Å². The monoisotopic (exact) mass is 367 g/mol. The number of hydrogen-bond donors (Lipinski definition) is 2. The fourth-order valence-electron chi connectivity index (χ4n) is 2.64. The molecule has 0 saturated carbocycles. The Labute approximate surface area is 154 Å². The molecule has 8 heteroatoms. The van der Waals surface area contributed by atoms with Crippen LogP contribution in [0.4, 0.5) is 0 Å². The van der Waals surface area contributed by atoms with E-state index in [0.717, 1.165) is 39.5 Å². The van der Waals surface area contributed by atoms with Gasteiger partial charge in [-0.2, -0.15) is 0 Å². The average Bonchev–Trinajstić information content (AvgIpc) is 3.34. The highest BCUT2D eigenvalue weighted by Crippen LogP contribution is 2.30. The number of aromatic amines is 2. The van der Waals surface area contributed by atoms with Crippen LogP contribution >= 0.6 is 11.8 Å². The van der Waals surface area contributed by atoms with Gasteiger partial charge in [0.25, 0.3) is 0 Å². The SMILES string of the molecule is COc1ccc(CSc2n[nH]c(-c3ccc4nc[nH]c4c3)n2)cc1OC. The standard InChI is InChI=1S/C18H17N5O2S/c1-24-15-6-3-11(7-16(15)25-2)9-26-18-21-17(22-23-18)12-4-5-13-14(8-12)20-10-19-13/h3-8,10H,9H2,1-2H3,(H,19,20)(H,21,22,23). The van der Waals surface area contributed by atoms with Crippen molar-refractivity contribution in [2.75, 3.05) is 14.2 Å². The van der Waals surface area contributed by atoms with Gasteiger partial charge in [0.1, 0.15) is 0 Å². The number of methoxy groups -OCH3 is 2. The molecule has 2 aromatic heterocycles. The summed E-state index contributed by atoms with van der Waals surface area (Å²) in [6.07, 6.45) is 1.68. The number of aromatic nitrogens is 5. The number of rotatable bonds is 6. The second kappa shape index (κ2) is 7.09. The van der Waals surface area contributed by atoms with E-state index < -0.39 is 0 Å². The maximum Gasteiger partial charge on any atom is 0.209 e. The molecule has 26 heavy (non-hydrogen) atoms. The van der Waals surface area contributed by atoms with Crippen molar-refractivity contribution in [3.05, 3.63) is 48.3 Å². The number of benzene rings is 2. The molecule has 0 amide bonds. The number of nitrogens with one attached hydrogen (secondary N) is 2. The van der Waals surface area contributed by atoms with Crippen LogP contribution in [0.3, 0.4) is 0 Å². The zero-order chi connectivity index (χ0) is 17.9. The van der Waals surface area contributed by atoms with Gasteiger partial charge in [0.05, 0.1) is 31.6 Å². The Morgan fingerprint density at radius 3 is 2.77 bits per heavy atom. The Kier molecular flexibility index (Phi) is 4.49. The molecule has 0 aliphatic rings. The second-order valence-corrected chi connectivity index (χ2v) is 6.52. The third kappa shape index (κ3) is 3.23. The van der Waals surface area contributed by atoms with Gasteiger partial charge >= 0.3 is 0 Å². The van der Waals surface area contributed by atoms with E-state index in [1.54, 1.807) is 32.3 Å². The molecule has 132 valence electrons. The van der Waals surface area contributed by atoms with Crippen molar-refractivity contribution in [2.24, 2.45) is 0 Å². The molecule has 0 aliphatic carbocycles. The van der Waals surface area contributed by atoms with E-state index in [-0.39, 0.29) is 0 Å². The molecule has 2 N–H and O–H groups in total. The van der Waals surface area contributed by atoms with Crippen LogP contribution in [0.25, 0.3) is 22.4 Å². The van der Waals surface area contributed by atoms with E-state index in [2.05, 4.69) is 25.1 Å². The van der Waals surface area contributed by atoms with Crippen LogP contribution in [0.1, 0.15) is 5.56 Å². The van der Waals surface area contributed by atoms with Crippen molar-refractivity contribution in [2.45, 2.75) is 10.9 Å². The van der Waals surface area contributed by atoms with Gasteiger partial charge in [-0.05, 0) is 35.9 Å². The molecule has 0 unspecified atom stereocenters. The van der Waals surface area contributed by atoms with E-state index in [4.69, 9.17) is 9.47 Å². The molecule has 7 nitrogen and oxygen atoms in total. The minimum absolute atomic E-state index is 0.694. The van der Waals surface area contributed by atoms with Crippen molar-refractivity contribution in [3.63, 3.8) is 0 Å². The molecule has 4 aromatic rings. The van der Waals surface area contributed by atoms with E-state index in [0.29, 0.717) is 10.9 Å². The van der Waals surface area contributed by atoms with Crippen LogP contribution in [0, 0.1) is 0 Å². The Bertz CT molecular complexity index is 1040. The van der Waals surface area contributed by atoms with Crippen molar-refractivity contribution < 1.29 is 9.47 Å². The first kappa shape index (κ1) is 16.5. The molecule has 0 atom stereocenters. The summed E-state index contributed by atoms with van der Waals surface area (Å²) in [5.41, 5.74) is 3.97. The largest absolute Gasteiger partial charge is 0.493 e. The molecule has 0 fully saturated rings. The highest BCUT2D eigenvalue weighted by atomic mass is 32.2. The van der Waals surface area contributed by atoms with Crippen LogP contribution in [-0.4, -0.2) is 39.4 Å². The second-order valence-electron chi connectivity index (χ2n) is 5.58. The summed E-state index contributed by atoms with van der Waals surface area (Å²) in [6.45, 7) is 0. The maximum absolute atomic E-state index is 5.34. The number of ether oxygens (including phenoxy) is 2. The molecule has 0 spiro atoms. The first-order chi connectivity index (χ1) is 12.8. The topological polar surface area (TPSA) is 88.7 Å². The van der Waals surface area contributed by atoms with Crippen molar-refractivity contribution in [3.8, 4) is 22.9 Å². The van der Waals surface area contributed by atoms with Crippen molar-refractivity contribution in [1.29, 1.82) is 0 Å². The molecule has 0 saturated heterocycles. The number of hydrogen-bond acceptors (Lipinski definition) is 6. The van der Waals surface area contributed by atoms with Gasteiger partial charge in [-0.25, -0.2) is 9.97 Å². The fourth-order valence-corrected chi connectivity index (χ4v) is 3.38. The van der Waals surface area contributed by atoms with Crippen LogP contribution < -0.4 is 9.47 Å². The number of thioether (sulfide) groups is 1. The Morgan fingerprint density at radius 2 is 1.92 bits per heavy atom. The van der Waals surface area contributed by atoms with Gasteiger partial charge in [-0.3, -0.25) is 5.10 Å². The number of H-pyrrole nitrogens is 2. The lowest BCUT2D eigenvalue weighted by atomic mass is 10.2. The third-order valence-electron chi connectivity index (χ3n) is 3.97. The fraction of sp³-hybridized carbons (Fsp3) is 0.167. The Morgan fingerprint density at radius 1 is 1.04 bits per heavy atom. The lowest BCUT2D eigenvalue weighted by Crippen LogP contribution is -1.92. The number of imidazole rings is 1. The summed E-state index contributed by atoms with van der Waals surface area (Å²) in [6, 6.07) is 11.8. The van der Waals surface area contributed by atoms with Gasteiger partial charge in [-0.1, -0.05) is 17.8 Å². The van der Waals surface area contributed by atoms with E-state index in [9.17, 15) is 0 Å². The van der Waals surface area contributed by atoms with E-state index >= 15 is 0 Å². The molecule has 2 aromatic carbocycles. The lowest BCUT2D eigenvalue weighted by molar-refractivity contribution is 0.354. The van der Waals surface area contributed by atoms with Crippen LogP contribution in [-0.2, 0) is 5.75 Å². The first-order valence-corrected chi connectivity index (χ1v) is 8.95. The average molecular weight is 367 g/mol. The van der Waals surface area contributed by atoms with Crippen LogP contribution in [0.2, 0.25) is 0 Å². The summed E-state index contributed by atoms with van der Waals surface area (Å²) in [5, 5.41) is 7.99. The molecular formula is C18H17N5O2S. The zero-order valence-electron chi connectivity index (χ0n) is 14.3. The minimum atomic E-state index is 0.694. The first-order valence-electron chi connectivity index (χ1n) is 7.96. The highest BCUT2D eigenvalue weighted by molar-refractivity contribution is 7.98. The minimum Gasteiger partial charge on any atom is -0.493 e. The Hall–Kier alpha value is -3.00. The van der Waals surface area contributed by atoms with Crippen LogP contribution in [0.15, 0.2) is 47.9 Å². The van der Waals surface area contributed by atoms with Crippen LogP contribution in [0.5, 0.6) is 11.5 Å². The lowest BCUT2D eigenvalue weighted by Gasteiger charge is -2.08. The molecule has 4 rings (SSSR count). The predicted molar refractivity (Wildman–Crippen MR) is 101 cm³/mol. The predicted octanol–water partition coefficient (Wildman–Crippen LogP) is 3.66. The van der Waals surface area contributed by atoms with E-state index in [1.165, 1.54) is 0 Å². The van der Waals surface area contributed by atoms with Crippen molar-refractivity contribution >= 4 is 22.8 Å². The number of nitrogens with zero attached hydrogens (tertiary/aromatic N) is 3. The smallest absolute Gasteiger partial charge is 0.209 e. The summed E-state index contributed by atoms with van der Waals surface area (Å²) in [4.78, 5) is 11.9. The summed E-state index contributed by atoms with van der Waals surface area (Å²) >= 11 is 1.56. The van der Waals surface area contributed by atoms with Gasteiger partial charge in [0.2, 0.25) is 5.16 Å². The summed E-state index contributed by atoms with van der Waals surface area (Å²) in [7, 11) is 3.26. The molecular weight excluding hydrogens is 350 g/mol. The number of fused-ring (bicyclic) bond motifs is 1. The molecule has 0 radical (unpaired) electrons. The normalized spacial score (nSPS) is 11.0. The van der Waals surface area contributed by atoms with Gasteiger partial charge in [0.15, 0.2) is 17.3 Å². The summed E-state index contributed by atoms with van der Waals surface area (Å²) < 4.78 is 10.6. The highest BCUT2D eigenvalue weighted by Gasteiger charge is 2.09. The summed E-state index contributed by atoms with van der Waals surface area (Å²) in [5.74, 6) is 2.90. The molecule has 0 aliphatic heterocycles. The molecule has 0 bridgehead atoms. The van der Waals surface area contributed by atoms with Crippen molar-refractivity contribution in [1.82, 2.24) is 25.1 Å². The van der Waals surface area contributed by atoms with Gasteiger partial charge < -0.3 is 14.5 Å². The Balaban J connectivity index is 1.48. The zero-order valence-corrected chi connectivity index (χ0v) is 15.1. The van der Waals surface area contributed by atoms with Gasteiger partial charge in [0, 0.05) is 11.3 Å². The third-order valence-corrected chi connectivity index (χ3v) is 4.89. The quantitative estimate of drug-likeness (QED) is 0.506. The maximum atomic E-state index is 5.34. The van der Waals surface area contributed by atoms with Gasteiger partial charge in [-0.15, -0.1) is 5.10 Å².